The van der Waals surface area contributed by atoms with Crippen LogP contribution in [0.2, 0.25) is 0 Å². The van der Waals surface area contributed by atoms with Crippen molar-refractivity contribution in [2.75, 3.05) is 0 Å². The number of nitrogens with zero attached hydrogens (tertiary/aromatic N) is 1. The minimum atomic E-state index is -0.629. The fourth-order valence-corrected chi connectivity index (χ4v) is 3.52. The van der Waals surface area contributed by atoms with E-state index < -0.39 is 17.4 Å². The number of aromatic hydroxyl groups is 1. The van der Waals surface area contributed by atoms with Crippen LogP contribution in [0.5, 0.6) is 5.75 Å². The van der Waals surface area contributed by atoms with Gasteiger partial charge in [0.25, 0.3) is 11.8 Å². The molecule has 1 N–H and O–H groups in total. The second-order valence-corrected chi connectivity index (χ2v) is 6.23. The highest BCUT2D eigenvalue weighted by molar-refractivity contribution is 6.21. The summed E-state index contributed by atoms with van der Waals surface area (Å²) in [7, 11) is 0. The van der Waals surface area contributed by atoms with Crippen LogP contribution in [-0.2, 0) is 6.54 Å². The molecule has 1 aliphatic heterocycles. The van der Waals surface area contributed by atoms with E-state index in [1.807, 2.05) is 0 Å². The Morgan fingerprint density at radius 3 is 2.22 bits per heavy atom. The maximum absolute atomic E-state index is 12.7. The standard InChI is InChI=1S/C20H11NO6/c22-15-6-5-10-14(11-7-8-26-17(11)16(23)18(10)27-15)9-21-19(24)12-3-1-2-4-13(12)20(21)25/h1-8,23H,9H2. The van der Waals surface area contributed by atoms with Crippen molar-refractivity contribution in [1.82, 2.24) is 4.90 Å². The summed E-state index contributed by atoms with van der Waals surface area (Å²) >= 11 is 0. The molecule has 2 aromatic heterocycles. The molecule has 7 heteroatoms. The number of imide groups is 1. The quantitative estimate of drug-likeness (QED) is 0.435. The molecule has 0 spiro atoms. The molecule has 2 amide bonds. The molecule has 0 atom stereocenters. The van der Waals surface area contributed by atoms with E-state index in [-0.39, 0.29) is 23.5 Å². The van der Waals surface area contributed by atoms with Crippen LogP contribution in [0.4, 0.5) is 0 Å². The van der Waals surface area contributed by atoms with Crippen LogP contribution in [0, 0.1) is 0 Å². The first-order valence-corrected chi connectivity index (χ1v) is 8.16. The second-order valence-electron chi connectivity index (χ2n) is 6.23. The van der Waals surface area contributed by atoms with Gasteiger partial charge in [0.2, 0.25) is 5.75 Å². The minimum Gasteiger partial charge on any atom is -0.502 e. The topological polar surface area (TPSA) is 101 Å². The SMILES string of the molecule is O=C1c2ccccc2C(=O)N1Cc1c2ccoc2c(O)c2oc(=O)ccc12. The van der Waals surface area contributed by atoms with Crippen LogP contribution >= 0.6 is 0 Å². The number of hydrogen-bond acceptors (Lipinski definition) is 6. The lowest BCUT2D eigenvalue weighted by atomic mass is 10.0. The van der Waals surface area contributed by atoms with Gasteiger partial charge in [0.05, 0.1) is 23.9 Å². The molecule has 132 valence electrons. The summed E-state index contributed by atoms with van der Waals surface area (Å²) in [6.45, 7) is -0.0487. The Balaban J connectivity index is 1.73. The molecule has 2 aromatic carbocycles. The van der Waals surface area contributed by atoms with Crippen LogP contribution in [0.15, 0.2) is 62.4 Å². The molecule has 0 aliphatic carbocycles. The number of carbonyl (C=O) groups is 2. The molecule has 7 nitrogen and oxygen atoms in total. The summed E-state index contributed by atoms with van der Waals surface area (Å²) in [5.74, 6) is -1.09. The van der Waals surface area contributed by atoms with Gasteiger partial charge in [0, 0.05) is 16.8 Å². The summed E-state index contributed by atoms with van der Waals surface area (Å²) in [4.78, 5) is 38.1. The van der Waals surface area contributed by atoms with Crippen molar-refractivity contribution >= 4 is 33.8 Å². The monoisotopic (exact) mass is 361 g/mol. The molecular formula is C20H11NO6. The van der Waals surface area contributed by atoms with Crippen molar-refractivity contribution in [3.8, 4) is 5.75 Å². The average molecular weight is 361 g/mol. The minimum absolute atomic E-state index is 0.0449. The molecule has 0 fully saturated rings. The zero-order chi connectivity index (χ0) is 18.7. The summed E-state index contributed by atoms with van der Waals surface area (Å²) < 4.78 is 10.5. The third-order valence-corrected chi connectivity index (χ3v) is 4.77. The van der Waals surface area contributed by atoms with Gasteiger partial charge in [-0.1, -0.05) is 12.1 Å². The van der Waals surface area contributed by atoms with Crippen molar-refractivity contribution in [3.63, 3.8) is 0 Å². The zero-order valence-corrected chi connectivity index (χ0v) is 13.8. The Morgan fingerprint density at radius 2 is 1.52 bits per heavy atom. The number of carbonyl (C=O) groups excluding carboxylic acids is 2. The van der Waals surface area contributed by atoms with Gasteiger partial charge in [-0.2, -0.15) is 0 Å². The number of furan rings is 1. The van der Waals surface area contributed by atoms with Crippen molar-refractivity contribution in [2.45, 2.75) is 6.54 Å². The summed E-state index contributed by atoms with van der Waals surface area (Å²) in [6, 6.07) is 11.0. The predicted molar refractivity (Wildman–Crippen MR) is 94.6 cm³/mol. The Kier molecular flexibility index (Phi) is 3.03. The van der Waals surface area contributed by atoms with Crippen LogP contribution in [0.25, 0.3) is 21.9 Å². The third-order valence-electron chi connectivity index (χ3n) is 4.77. The van der Waals surface area contributed by atoms with Gasteiger partial charge in [-0.05, 0) is 29.8 Å². The van der Waals surface area contributed by atoms with E-state index in [0.29, 0.717) is 27.5 Å². The zero-order valence-electron chi connectivity index (χ0n) is 13.8. The first kappa shape index (κ1) is 15.4. The molecule has 5 rings (SSSR count). The maximum atomic E-state index is 12.7. The highest BCUT2D eigenvalue weighted by atomic mass is 16.4. The summed E-state index contributed by atoms with van der Waals surface area (Å²) in [5, 5.41) is 11.3. The van der Waals surface area contributed by atoms with E-state index in [0.717, 1.165) is 4.90 Å². The fourth-order valence-electron chi connectivity index (χ4n) is 3.52. The van der Waals surface area contributed by atoms with E-state index in [4.69, 9.17) is 8.83 Å². The Morgan fingerprint density at radius 1 is 0.852 bits per heavy atom. The number of phenolic OH excluding ortho intramolecular Hbond substituents is 1. The molecule has 1 aliphatic rings. The highest BCUT2D eigenvalue weighted by Crippen LogP contribution is 2.38. The second kappa shape index (κ2) is 5.31. The number of phenols is 1. The van der Waals surface area contributed by atoms with Gasteiger partial charge in [-0.15, -0.1) is 0 Å². The predicted octanol–water partition coefficient (Wildman–Crippen LogP) is 3.04. The van der Waals surface area contributed by atoms with Gasteiger partial charge in [-0.25, -0.2) is 4.79 Å². The number of rotatable bonds is 2. The third kappa shape index (κ3) is 2.05. The lowest BCUT2D eigenvalue weighted by Crippen LogP contribution is -2.29. The van der Waals surface area contributed by atoms with E-state index in [9.17, 15) is 19.5 Å². The Hall–Kier alpha value is -3.87. The van der Waals surface area contributed by atoms with E-state index in [2.05, 4.69) is 0 Å². The molecular weight excluding hydrogens is 350 g/mol. The summed E-state index contributed by atoms with van der Waals surface area (Å²) in [6.07, 6.45) is 1.38. The van der Waals surface area contributed by atoms with Crippen molar-refractivity contribution in [3.05, 3.63) is 75.8 Å². The molecule has 0 radical (unpaired) electrons. The number of fused-ring (bicyclic) bond motifs is 3. The Labute approximate surface area is 151 Å². The van der Waals surface area contributed by atoms with Crippen LogP contribution < -0.4 is 5.63 Å². The van der Waals surface area contributed by atoms with E-state index in [1.54, 1.807) is 30.3 Å². The van der Waals surface area contributed by atoms with E-state index >= 15 is 0 Å². The lowest BCUT2D eigenvalue weighted by Gasteiger charge is -2.16. The van der Waals surface area contributed by atoms with Crippen molar-refractivity contribution < 1.29 is 23.5 Å². The smallest absolute Gasteiger partial charge is 0.336 e. The average Bonchev–Trinajstić information content (AvgIpc) is 3.25. The van der Waals surface area contributed by atoms with Crippen LogP contribution in [0.3, 0.4) is 0 Å². The largest absolute Gasteiger partial charge is 0.502 e. The molecule has 0 saturated carbocycles. The highest BCUT2D eigenvalue weighted by Gasteiger charge is 2.36. The summed E-state index contributed by atoms with van der Waals surface area (Å²) in [5.41, 5.74) is 0.696. The molecule has 3 heterocycles. The molecule has 0 bridgehead atoms. The van der Waals surface area contributed by atoms with Gasteiger partial charge < -0.3 is 13.9 Å². The Bertz CT molecular complexity index is 1290. The molecule has 0 unspecified atom stereocenters. The lowest BCUT2D eigenvalue weighted by molar-refractivity contribution is 0.0643. The first-order valence-electron chi connectivity index (χ1n) is 8.16. The van der Waals surface area contributed by atoms with Crippen molar-refractivity contribution in [1.29, 1.82) is 0 Å². The number of benzene rings is 2. The van der Waals surface area contributed by atoms with Gasteiger partial charge in [-0.3, -0.25) is 14.5 Å². The van der Waals surface area contributed by atoms with E-state index in [1.165, 1.54) is 18.4 Å². The maximum Gasteiger partial charge on any atom is 0.336 e. The first-order chi connectivity index (χ1) is 13.1. The molecule has 27 heavy (non-hydrogen) atoms. The van der Waals surface area contributed by atoms with Crippen LogP contribution in [-0.4, -0.2) is 21.8 Å². The van der Waals surface area contributed by atoms with Gasteiger partial charge >= 0.3 is 5.63 Å². The normalized spacial score (nSPS) is 13.7. The number of hydrogen-bond donors (Lipinski definition) is 1. The molecule has 0 saturated heterocycles. The van der Waals surface area contributed by atoms with Crippen LogP contribution in [0.1, 0.15) is 26.3 Å². The van der Waals surface area contributed by atoms with Gasteiger partial charge in [0.1, 0.15) is 0 Å². The molecule has 4 aromatic rings. The van der Waals surface area contributed by atoms with Crippen molar-refractivity contribution in [2.24, 2.45) is 0 Å². The van der Waals surface area contributed by atoms with Gasteiger partial charge in [0.15, 0.2) is 11.2 Å². The fraction of sp³-hybridized carbons (Fsp3) is 0.0500. The number of amides is 2.